The zero-order chi connectivity index (χ0) is 33.7. The number of methoxy groups -OCH3 is 1. The maximum absolute atomic E-state index is 13.9. The van der Waals surface area contributed by atoms with Gasteiger partial charge in [-0.1, -0.05) is 6.08 Å². The number of benzene rings is 2. The highest BCUT2D eigenvalue weighted by molar-refractivity contribution is 5.85. The fourth-order valence-corrected chi connectivity index (χ4v) is 7.32. The van der Waals surface area contributed by atoms with Crippen molar-refractivity contribution in [3.8, 4) is 5.75 Å². The zero-order valence-electron chi connectivity index (χ0n) is 26.2. The molecular formula is C34H39F6N4O2+. The number of urea groups is 1. The van der Waals surface area contributed by atoms with Gasteiger partial charge in [0.15, 0.2) is 0 Å². The quantitative estimate of drug-likeness (QED) is 0.155. The van der Waals surface area contributed by atoms with Crippen LogP contribution in [0.3, 0.4) is 0 Å². The first kappa shape index (κ1) is 33.6. The number of hydrogen-bond acceptors (Lipinski definition) is 3. The minimum absolute atomic E-state index is 0.0104. The lowest BCUT2D eigenvalue weighted by Gasteiger charge is -2.59. The van der Waals surface area contributed by atoms with Crippen LogP contribution in [0.2, 0.25) is 0 Å². The number of nitrogens with zero attached hydrogens (tertiary/aromatic N) is 2. The van der Waals surface area contributed by atoms with Crippen molar-refractivity contribution < 1.29 is 40.4 Å². The summed E-state index contributed by atoms with van der Waals surface area (Å²) in [6.45, 7) is 10.4. The third-order valence-corrected chi connectivity index (χ3v) is 9.30. The van der Waals surface area contributed by atoms with Gasteiger partial charge in [-0.25, -0.2) is 4.79 Å². The van der Waals surface area contributed by atoms with E-state index < -0.39 is 41.1 Å². The van der Waals surface area contributed by atoms with Gasteiger partial charge in [0, 0.05) is 41.4 Å². The summed E-state index contributed by atoms with van der Waals surface area (Å²) in [5.74, 6) is 0.771. The zero-order valence-corrected chi connectivity index (χ0v) is 26.2. The highest BCUT2D eigenvalue weighted by atomic mass is 19.4. The van der Waals surface area contributed by atoms with Gasteiger partial charge in [-0.2, -0.15) is 26.3 Å². The molecule has 4 unspecified atom stereocenters. The Bertz CT molecular complexity index is 1580. The Kier molecular flexibility index (Phi) is 8.82. The second-order valence-electron chi connectivity index (χ2n) is 13.6. The number of aromatic nitrogens is 1. The van der Waals surface area contributed by atoms with Gasteiger partial charge in [0.1, 0.15) is 24.4 Å². The molecule has 3 aliphatic heterocycles. The van der Waals surface area contributed by atoms with Crippen LogP contribution in [-0.4, -0.2) is 47.3 Å². The van der Waals surface area contributed by atoms with Crippen molar-refractivity contribution in [2.75, 3.05) is 20.2 Å². The molecule has 2 N–H and O–H groups in total. The number of alkyl halides is 6. The van der Waals surface area contributed by atoms with Crippen LogP contribution in [-0.2, 0) is 18.9 Å². The van der Waals surface area contributed by atoms with E-state index in [1.54, 1.807) is 24.4 Å². The molecule has 5 atom stereocenters. The summed E-state index contributed by atoms with van der Waals surface area (Å²) in [4.78, 5) is 18.0. The number of quaternary nitrogens is 1. The van der Waals surface area contributed by atoms with E-state index in [2.05, 4.69) is 22.2 Å². The average molecular weight is 650 g/mol. The van der Waals surface area contributed by atoms with E-state index >= 15 is 0 Å². The van der Waals surface area contributed by atoms with Crippen LogP contribution in [0.25, 0.3) is 10.9 Å². The summed E-state index contributed by atoms with van der Waals surface area (Å²) in [6.07, 6.45) is -5.14. The largest absolute Gasteiger partial charge is 0.497 e. The number of carbonyl (C=O) groups excluding carboxylic acids is 1. The third kappa shape index (κ3) is 6.96. The van der Waals surface area contributed by atoms with Gasteiger partial charge in [-0.3, -0.25) is 4.98 Å². The van der Waals surface area contributed by atoms with Gasteiger partial charge in [-0.05, 0) is 74.7 Å². The molecule has 2 bridgehead atoms. The van der Waals surface area contributed by atoms with E-state index in [4.69, 9.17) is 4.74 Å². The van der Waals surface area contributed by atoms with Gasteiger partial charge >= 0.3 is 18.4 Å². The van der Waals surface area contributed by atoms with Gasteiger partial charge in [0.2, 0.25) is 0 Å². The maximum atomic E-state index is 13.9. The molecule has 4 heterocycles. The number of hydrogen-bond donors (Lipinski definition) is 2. The van der Waals surface area contributed by atoms with E-state index in [0.29, 0.717) is 30.8 Å². The summed E-state index contributed by atoms with van der Waals surface area (Å²) >= 11 is 0. The van der Waals surface area contributed by atoms with Crippen molar-refractivity contribution in [1.82, 2.24) is 15.6 Å². The Balaban J connectivity index is 1.68. The van der Waals surface area contributed by atoms with Gasteiger partial charge in [0.25, 0.3) is 0 Å². The van der Waals surface area contributed by atoms with E-state index in [0.717, 1.165) is 29.5 Å². The SMILES string of the molecule is C=CC1C[N+]2(Cc3cc(C(F)(F)F)cc(C(F)(F)F)c3)CCC1CC2[C@@H](NC(=O)NC(C)(C)C)c1ccnc2ccc(OC)cc12. The molecule has 2 aromatic carbocycles. The van der Waals surface area contributed by atoms with Crippen molar-refractivity contribution in [2.24, 2.45) is 11.8 Å². The predicted octanol–water partition coefficient (Wildman–Crippen LogP) is 8.03. The Hall–Kier alpha value is -3.80. The van der Waals surface area contributed by atoms with Gasteiger partial charge in [0.05, 0.1) is 36.8 Å². The third-order valence-electron chi connectivity index (χ3n) is 9.30. The van der Waals surface area contributed by atoms with Crippen LogP contribution in [0.1, 0.15) is 61.9 Å². The molecule has 1 aromatic heterocycles. The normalized spacial score (nSPS) is 24.0. The molecule has 3 aromatic rings. The number of rotatable bonds is 7. The monoisotopic (exact) mass is 649 g/mol. The van der Waals surface area contributed by atoms with Crippen molar-refractivity contribution in [3.05, 3.63) is 83.6 Å². The number of ether oxygens (including phenoxy) is 1. The summed E-state index contributed by atoms with van der Waals surface area (Å²) in [5, 5.41) is 6.83. The molecular weight excluding hydrogens is 610 g/mol. The van der Waals surface area contributed by atoms with Crippen LogP contribution in [0.4, 0.5) is 31.1 Å². The Morgan fingerprint density at radius 2 is 1.74 bits per heavy atom. The lowest BCUT2D eigenvalue weighted by Crippen LogP contribution is -2.69. The van der Waals surface area contributed by atoms with Gasteiger partial charge in [-0.15, -0.1) is 6.58 Å². The first-order valence-electron chi connectivity index (χ1n) is 15.2. The smallest absolute Gasteiger partial charge is 0.416 e. The van der Waals surface area contributed by atoms with E-state index in [1.165, 1.54) is 7.11 Å². The second kappa shape index (κ2) is 12.1. The minimum Gasteiger partial charge on any atom is -0.497 e. The molecule has 2 amide bonds. The molecule has 6 rings (SSSR count). The Labute approximate surface area is 264 Å². The Morgan fingerprint density at radius 3 is 2.33 bits per heavy atom. The van der Waals surface area contributed by atoms with Crippen LogP contribution < -0.4 is 15.4 Å². The van der Waals surface area contributed by atoms with Crippen LogP contribution in [0, 0.1) is 11.8 Å². The number of pyridine rings is 1. The molecule has 248 valence electrons. The molecule has 3 saturated heterocycles. The number of carbonyl (C=O) groups is 1. The van der Waals surface area contributed by atoms with Crippen molar-refractivity contribution in [3.63, 3.8) is 0 Å². The van der Waals surface area contributed by atoms with Crippen LogP contribution >= 0.6 is 0 Å². The summed E-state index contributed by atoms with van der Waals surface area (Å²) in [7, 11) is 1.54. The van der Waals surface area contributed by atoms with E-state index in [1.807, 2.05) is 32.9 Å². The highest BCUT2D eigenvalue weighted by Gasteiger charge is 2.55. The fraction of sp³-hybridized carbons (Fsp3) is 0.471. The molecule has 46 heavy (non-hydrogen) atoms. The highest BCUT2D eigenvalue weighted by Crippen LogP contribution is 2.49. The first-order valence-corrected chi connectivity index (χ1v) is 15.2. The molecule has 3 aliphatic rings. The number of piperidine rings is 3. The van der Waals surface area contributed by atoms with Crippen molar-refractivity contribution >= 4 is 16.9 Å². The lowest BCUT2D eigenvalue weighted by atomic mass is 9.70. The van der Waals surface area contributed by atoms with Crippen LogP contribution in [0.5, 0.6) is 5.75 Å². The average Bonchev–Trinajstić information content (AvgIpc) is 2.97. The molecule has 0 saturated carbocycles. The van der Waals surface area contributed by atoms with Crippen molar-refractivity contribution in [1.29, 1.82) is 0 Å². The molecule has 12 heteroatoms. The Morgan fingerprint density at radius 1 is 1.07 bits per heavy atom. The molecule has 0 radical (unpaired) electrons. The van der Waals surface area contributed by atoms with E-state index in [9.17, 15) is 31.1 Å². The molecule has 3 fully saturated rings. The number of halogens is 6. The van der Waals surface area contributed by atoms with Crippen molar-refractivity contribution in [2.45, 2.75) is 70.1 Å². The van der Waals surface area contributed by atoms with Gasteiger partial charge < -0.3 is 19.9 Å². The fourth-order valence-electron chi connectivity index (χ4n) is 7.32. The lowest BCUT2D eigenvalue weighted by molar-refractivity contribution is -0.983. The second-order valence-corrected chi connectivity index (χ2v) is 13.6. The molecule has 0 aliphatic carbocycles. The summed E-state index contributed by atoms with van der Waals surface area (Å²) in [6, 6.07) is 7.52. The van der Waals surface area contributed by atoms with Crippen LogP contribution in [0.15, 0.2) is 61.3 Å². The minimum atomic E-state index is -4.96. The number of nitrogens with one attached hydrogen (secondary N) is 2. The predicted molar refractivity (Wildman–Crippen MR) is 163 cm³/mol. The molecule has 6 nitrogen and oxygen atoms in total. The maximum Gasteiger partial charge on any atom is 0.416 e. The number of fused-ring (bicyclic) bond motifs is 4. The van der Waals surface area contributed by atoms with E-state index in [-0.39, 0.29) is 40.5 Å². The number of amides is 2. The molecule has 0 spiro atoms. The summed E-state index contributed by atoms with van der Waals surface area (Å²) in [5.41, 5.74) is -1.93. The summed E-state index contributed by atoms with van der Waals surface area (Å²) < 4.78 is 88.9. The topological polar surface area (TPSA) is 63.2 Å². The first-order chi connectivity index (χ1) is 21.4. The standard InChI is InChI=1S/C34H38F6N4O2/c1-6-21-19-44(18-20-13-23(33(35,36)37)16-24(14-20)34(38,39)40)12-10-22(21)15-29(44)30(42-31(45)43-32(2,3)4)26-9-11-41-28-8-7-25(46-5)17-27(26)28/h6-9,11,13-14,16-17,21-22,29-30H,1,10,12,15,18-19H2,2-5H3,(H-,42,43,45)/p+1/t21?,22?,29?,30-,44?/m0/s1.